The Bertz CT molecular complexity index is 570. The highest BCUT2D eigenvalue weighted by Crippen LogP contribution is 2.26. The molecule has 0 bridgehead atoms. The van der Waals surface area contributed by atoms with Gasteiger partial charge in [0.15, 0.2) is 18.4 Å². The Labute approximate surface area is 142 Å². The number of ketones is 1. The van der Waals surface area contributed by atoms with Gasteiger partial charge < -0.3 is 18.9 Å². The molecule has 0 amide bonds. The van der Waals surface area contributed by atoms with Crippen LogP contribution in [0, 0.1) is 0 Å². The SMILES string of the molecule is CC1CC[C@H](O[C@H]2C=CC(=O)C(C)O2)[C@H](OCc2ccccc2)O1. The zero-order valence-corrected chi connectivity index (χ0v) is 14.1. The summed E-state index contributed by atoms with van der Waals surface area (Å²) in [5.41, 5.74) is 1.09. The molecule has 2 aliphatic heterocycles. The van der Waals surface area contributed by atoms with E-state index in [1.54, 1.807) is 13.0 Å². The van der Waals surface area contributed by atoms with Gasteiger partial charge in [0.2, 0.25) is 0 Å². The smallest absolute Gasteiger partial charge is 0.184 e. The topological polar surface area (TPSA) is 54.0 Å². The second-order valence-corrected chi connectivity index (χ2v) is 6.27. The zero-order valence-electron chi connectivity index (χ0n) is 14.1. The molecule has 0 aliphatic carbocycles. The average molecular weight is 332 g/mol. The maximum atomic E-state index is 11.5. The third kappa shape index (κ3) is 4.51. The van der Waals surface area contributed by atoms with Gasteiger partial charge in [-0.2, -0.15) is 0 Å². The minimum atomic E-state index is -0.539. The van der Waals surface area contributed by atoms with E-state index in [9.17, 15) is 4.79 Å². The van der Waals surface area contributed by atoms with Gasteiger partial charge in [-0.05, 0) is 44.4 Å². The van der Waals surface area contributed by atoms with Crippen molar-refractivity contribution in [3.05, 3.63) is 48.0 Å². The third-order valence-electron chi connectivity index (χ3n) is 4.25. The van der Waals surface area contributed by atoms with Crippen molar-refractivity contribution in [1.82, 2.24) is 0 Å². The number of hydrogen-bond donors (Lipinski definition) is 0. The molecule has 0 spiro atoms. The molecule has 0 saturated carbocycles. The van der Waals surface area contributed by atoms with Crippen LogP contribution >= 0.6 is 0 Å². The fourth-order valence-corrected chi connectivity index (χ4v) is 2.82. The first-order valence-corrected chi connectivity index (χ1v) is 8.46. The fraction of sp³-hybridized carbons (Fsp3) is 0.526. The molecule has 5 heteroatoms. The van der Waals surface area contributed by atoms with Crippen molar-refractivity contribution in [1.29, 1.82) is 0 Å². The Morgan fingerprint density at radius 3 is 2.67 bits per heavy atom. The number of benzene rings is 1. The lowest BCUT2D eigenvalue weighted by Crippen LogP contribution is -2.44. The van der Waals surface area contributed by atoms with Crippen LogP contribution in [-0.4, -0.2) is 36.7 Å². The van der Waals surface area contributed by atoms with E-state index in [-0.39, 0.29) is 18.0 Å². The molecule has 5 atom stereocenters. The molecule has 2 aliphatic rings. The molecule has 0 aromatic heterocycles. The maximum absolute atomic E-state index is 11.5. The number of carbonyl (C=O) groups is 1. The van der Waals surface area contributed by atoms with Crippen LogP contribution in [0.15, 0.2) is 42.5 Å². The van der Waals surface area contributed by atoms with Crippen LogP contribution in [0.2, 0.25) is 0 Å². The van der Waals surface area contributed by atoms with Gasteiger partial charge in [0, 0.05) is 0 Å². The molecular weight excluding hydrogens is 308 g/mol. The molecule has 5 nitrogen and oxygen atoms in total. The molecule has 1 fully saturated rings. The predicted molar refractivity (Wildman–Crippen MR) is 88.2 cm³/mol. The van der Waals surface area contributed by atoms with Crippen LogP contribution in [0.5, 0.6) is 0 Å². The summed E-state index contributed by atoms with van der Waals surface area (Å²) in [6, 6.07) is 9.97. The Morgan fingerprint density at radius 2 is 1.92 bits per heavy atom. The van der Waals surface area contributed by atoms with Gasteiger partial charge in [-0.15, -0.1) is 0 Å². The van der Waals surface area contributed by atoms with Gasteiger partial charge in [0.1, 0.15) is 12.2 Å². The van der Waals surface area contributed by atoms with Gasteiger partial charge in [-0.3, -0.25) is 4.79 Å². The zero-order chi connectivity index (χ0) is 16.9. The maximum Gasteiger partial charge on any atom is 0.184 e. The van der Waals surface area contributed by atoms with Gasteiger partial charge in [-0.25, -0.2) is 0 Å². The Balaban J connectivity index is 1.59. The molecule has 2 unspecified atom stereocenters. The first kappa shape index (κ1) is 17.3. The van der Waals surface area contributed by atoms with Gasteiger partial charge in [0.25, 0.3) is 0 Å². The third-order valence-corrected chi connectivity index (χ3v) is 4.25. The van der Waals surface area contributed by atoms with Crippen molar-refractivity contribution in [2.75, 3.05) is 0 Å². The first-order valence-electron chi connectivity index (χ1n) is 8.46. The largest absolute Gasteiger partial charge is 0.347 e. The van der Waals surface area contributed by atoms with E-state index in [2.05, 4.69) is 0 Å². The van der Waals surface area contributed by atoms with Crippen molar-refractivity contribution < 1.29 is 23.7 Å². The average Bonchev–Trinajstić information content (AvgIpc) is 2.59. The minimum absolute atomic E-state index is 0.0414. The summed E-state index contributed by atoms with van der Waals surface area (Å²) in [7, 11) is 0. The predicted octanol–water partition coefficient (Wildman–Crippen LogP) is 2.98. The second kappa shape index (κ2) is 8.03. The number of rotatable bonds is 5. The van der Waals surface area contributed by atoms with E-state index in [0.29, 0.717) is 6.61 Å². The summed E-state index contributed by atoms with van der Waals surface area (Å²) in [6.45, 7) is 4.23. The van der Waals surface area contributed by atoms with E-state index in [0.717, 1.165) is 18.4 Å². The number of ether oxygens (including phenoxy) is 4. The standard InChI is InChI=1S/C19H24O5/c1-13-8-10-17(24-18-11-9-16(20)14(2)23-18)19(22-13)21-12-15-6-4-3-5-7-15/h3-7,9,11,13-14,17-19H,8,10,12H2,1-2H3/t13?,14?,17-,18-,19+/m0/s1. The molecule has 0 radical (unpaired) electrons. The summed E-state index contributed by atoms with van der Waals surface area (Å²) < 4.78 is 23.4. The summed E-state index contributed by atoms with van der Waals surface area (Å²) in [4.78, 5) is 11.5. The summed E-state index contributed by atoms with van der Waals surface area (Å²) in [6.07, 6.45) is 3.35. The first-order chi connectivity index (χ1) is 11.6. The number of hydrogen-bond acceptors (Lipinski definition) is 5. The van der Waals surface area contributed by atoms with Crippen molar-refractivity contribution in [2.24, 2.45) is 0 Å². The van der Waals surface area contributed by atoms with Crippen LogP contribution in [0.3, 0.4) is 0 Å². The second-order valence-electron chi connectivity index (χ2n) is 6.27. The normalized spacial score (nSPS) is 33.6. The summed E-state index contributed by atoms with van der Waals surface area (Å²) in [5, 5.41) is 0. The quantitative estimate of drug-likeness (QED) is 0.830. The van der Waals surface area contributed by atoms with E-state index in [4.69, 9.17) is 18.9 Å². The summed E-state index contributed by atoms with van der Waals surface area (Å²) in [5.74, 6) is -0.0414. The van der Waals surface area contributed by atoms with Crippen LogP contribution in [0.4, 0.5) is 0 Å². The fourth-order valence-electron chi connectivity index (χ4n) is 2.82. The van der Waals surface area contributed by atoms with Crippen LogP contribution in [0.25, 0.3) is 0 Å². The molecule has 130 valence electrons. The van der Waals surface area contributed by atoms with Gasteiger partial charge >= 0.3 is 0 Å². The van der Waals surface area contributed by atoms with Gasteiger partial charge in [-0.1, -0.05) is 30.3 Å². The van der Waals surface area contributed by atoms with Crippen molar-refractivity contribution >= 4 is 5.78 Å². The van der Waals surface area contributed by atoms with E-state index >= 15 is 0 Å². The molecule has 2 heterocycles. The van der Waals surface area contributed by atoms with E-state index in [1.165, 1.54) is 6.08 Å². The van der Waals surface area contributed by atoms with E-state index < -0.39 is 18.7 Å². The number of carbonyl (C=O) groups excluding carboxylic acids is 1. The minimum Gasteiger partial charge on any atom is -0.347 e. The molecule has 1 aromatic carbocycles. The highest BCUT2D eigenvalue weighted by atomic mass is 16.7. The van der Waals surface area contributed by atoms with Crippen LogP contribution < -0.4 is 0 Å². The molecule has 24 heavy (non-hydrogen) atoms. The lowest BCUT2D eigenvalue weighted by molar-refractivity contribution is -0.282. The highest BCUT2D eigenvalue weighted by Gasteiger charge is 2.34. The molecule has 1 saturated heterocycles. The lowest BCUT2D eigenvalue weighted by Gasteiger charge is -2.37. The van der Waals surface area contributed by atoms with Crippen molar-refractivity contribution in [2.45, 2.75) is 64.2 Å². The van der Waals surface area contributed by atoms with Crippen molar-refractivity contribution in [3.63, 3.8) is 0 Å². The van der Waals surface area contributed by atoms with Crippen LogP contribution in [0.1, 0.15) is 32.3 Å². The molecule has 3 rings (SSSR count). The van der Waals surface area contributed by atoms with Crippen LogP contribution in [-0.2, 0) is 30.3 Å². The molecular formula is C19H24O5. The monoisotopic (exact) mass is 332 g/mol. The Morgan fingerprint density at radius 1 is 1.12 bits per heavy atom. The Kier molecular flexibility index (Phi) is 5.79. The van der Waals surface area contributed by atoms with Crippen molar-refractivity contribution in [3.8, 4) is 0 Å². The highest BCUT2D eigenvalue weighted by molar-refractivity contribution is 5.93. The van der Waals surface area contributed by atoms with Gasteiger partial charge in [0.05, 0.1) is 12.7 Å². The summed E-state index contributed by atoms with van der Waals surface area (Å²) >= 11 is 0. The van der Waals surface area contributed by atoms with E-state index in [1.807, 2.05) is 37.3 Å². The molecule has 1 aromatic rings. The Hall–Kier alpha value is -1.53. The lowest BCUT2D eigenvalue weighted by atomic mass is 10.1. The molecule has 0 N–H and O–H groups in total.